The van der Waals surface area contributed by atoms with E-state index >= 15 is 0 Å². The fourth-order valence-corrected chi connectivity index (χ4v) is 1.80. The van der Waals surface area contributed by atoms with Crippen LogP contribution in [0.4, 0.5) is 0 Å². The Morgan fingerprint density at radius 2 is 1.95 bits per heavy atom. The molecule has 0 heterocycles. The van der Waals surface area contributed by atoms with E-state index in [-0.39, 0.29) is 40.6 Å². The first kappa shape index (κ1) is 15.0. The van der Waals surface area contributed by atoms with Gasteiger partial charge in [-0.05, 0) is 13.8 Å². The topological polar surface area (TPSA) is 87.0 Å². The molecule has 0 saturated carbocycles. The monoisotopic (exact) mass is 266 g/mol. The molecule has 5 heteroatoms. The van der Waals surface area contributed by atoms with Gasteiger partial charge in [0.1, 0.15) is 22.8 Å². The number of ether oxygens (including phenoxy) is 1. The van der Waals surface area contributed by atoms with Crippen LogP contribution in [0.5, 0.6) is 17.2 Å². The van der Waals surface area contributed by atoms with Crippen molar-refractivity contribution in [1.29, 1.82) is 0 Å². The molecule has 0 aliphatic carbocycles. The van der Waals surface area contributed by atoms with Gasteiger partial charge in [-0.25, -0.2) is 0 Å². The number of hydrogen-bond donors (Lipinski definition) is 3. The Hall–Kier alpha value is -2.01. The van der Waals surface area contributed by atoms with Crippen LogP contribution in [-0.2, 0) is 6.42 Å². The number of carbonyl (C=O) groups is 1. The Bertz CT molecular complexity index is 519. The van der Waals surface area contributed by atoms with Gasteiger partial charge in [-0.15, -0.1) is 0 Å². The van der Waals surface area contributed by atoms with Crippen molar-refractivity contribution in [3.8, 4) is 17.2 Å². The second-order valence-electron chi connectivity index (χ2n) is 4.42. The highest BCUT2D eigenvalue weighted by atomic mass is 16.5. The van der Waals surface area contributed by atoms with Crippen molar-refractivity contribution in [2.75, 3.05) is 7.11 Å². The summed E-state index contributed by atoms with van der Waals surface area (Å²) in [5.74, 6) is -0.902. The van der Waals surface area contributed by atoms with E-state index in [4.69, 9.17) is 4.74 Å². The molecule has 1 atom stereocenters. The van der Waals surface area contributed by atoms with Crippen LogP contribution in [-0.4, -0.2) is 34.3 Å². The first-order chi connectivity index (χ1) is 8.79. The van der Waals surface area contributed by atoms with E-state index in [0.717, 1.165) is 6.07 Å². The third kappa shape index (κ3) is 3.06. The summed E-state index contributed by atoms with van der Waals surface area (Å²) >= 11 is 0. The van der Waals surface area contributed by atoms with Crippen LogP contribution < -0.4 is 4.74 Å². The molecule has 0 fully saturated rings. The van der Waals surface area contributed by atoms with E-state index in [1.165, 1.54) is 14.0 Å². The Morgan fingerprint density at radius 1 is 1.37 bits per heavy atom. The number of Topliss-reactive ketones (excluding diaryl/α,β-unsaturated/α-hetero) is 1. The van der Waals surface area contributed by atoms with Crippen LogP contribution in [0.2, 0.25) is 0 Å². The molecule has 104 valence electrons. The number of phenolic OH excluding ortho intramolecular Hbond substituents is 2. The fourth-order valence-electron chi connectivity index (χ4n) is 1.80. The van der Waals surface area contributed by atoms with Crippen LogP contribution in [0.3, 0.4) is 0 Å². The molecule has 0 aromatic heterocycles. The summed E-state index contributed by atoms with van der Waals surface area (Å²) in [5, 5.41) is 29.4. The number of methoxy groups -OCH3 is 1. The van der Waals surface area contributed by atoms with Gasteiger partial charge in [0.05, 0.1) is 13.2 Å². The molecule has 0 aliphatic rings. The summed E-state index contributed by atoms with van der Waals surface area (Å²) in [7, 11) is 1.33. The maximum atomic E-state index is 11.5. The van der Waals surface area contributed by atoms with Crippen LogP contribution in [0.15, 0.2) is 18.2 Å². The standard InChI is InChI=1S/C14H18O5/c1-7(2)10(16)5-9-11(17)6-12(18)13(8(3)15)14(9)19-4/h6,10,16-18H,1,5H2,2-4H3/t10-/m0/s1. The lowest BCUT2D eigenvalue weighted by Gasteiger charge is -2.17. The number of aliphatic hydroxyl groups excluding tert-OH is 1. The van der Waals surface area contributed by atoms with Crippen molar-refractivity contribution in [2.45, 2.75) is 26.4 Å². The number of phenols is 2. The number of rotatable bonds is 5. The Morgan fingerprint density at radius 3 is 2.37 bits per heavy atom. The lowest BCUT2D eigenvalue weighted by molar-refractivity contribution is 0.101. The fraction of sp³-hybridized carbons (Fsp3) is 0.357. The Kier molecular flexibility index (Phi) is 4.56. The Labute approximate surface area is 111 Å². The second kappa shape index (κ2) is 5.75. The highest BCUT2D eigenvalue weighted by Gasteiger charge is 2.23. The summed E-state index contributed by atoms with van der Waals surface area (Å²) in [4.78, 5) is 11.5. The van der Waals surface area contributed by atoms with Gasteiger partial charge in [0.15, 0.2) is 5.78 Å². The lowest BCUT2D eigenvalue weighted by atomic mass is 9.97. The summed E-state index contributed by atoms with van der Waals surface area (Å²) in [6, 6.07) is 1.07. The molecule has 0 radical (unpaired) electrons. The third-order valence-electron chi connectivity index (χ3n) is 2.86. The molecule has 1 aromatic rings. The number of aliphatic hydroxyl groups is 1. The molecule has 0 spiro atoms. The molecule has 1 rings (SSSR count). The number of benzene rings is 1. The molecule has 0 bridgehead atoms. The van der Waals surface area contributed by atoms with Crippen LogP contribution in [0, 0.1) is 0 Å². The molecule has 0 aliphatic heterocycles. The van der Waals surface area contributed by atoms with E-state index in [2.05, 4.69) is 6.58 Å². The Balaban J connectivity index is 3.41. The average molecular weight is 266 g/mol. The molecule has 5 nitrogen and oxygen atoms in total. The van der Waals surface area contributed by atoms with Crippen molar-refractivity contribution in [3.63, 3.8) is 0 Å². The van der Waals surface area contributed by atoms with Crippen LogP contribution >= 0.6 is 0 Å². The molecule has 3 N–H and O–H groups in total. The van der Waals surface area contributed by atoms with Gasteiger partial charge in [0.25, 0.3) is 0 Å². The average Bonchev–Trinajstić information content (AvgIpc) is 2.30. The molecular formula is C14H18O5. The maximum Gasteiger partial charge on any atom is 0.167 e. The molecule has 1 aromatic carbocycles. The zero-order chi connectivity index (χ0) is 14.7. The van der Waals surface area contributed by atoms with E-state index in [1.807, 2.05) is 0 Å². The quantitative estimate of drug-likeness (QED) is 0.558. The van der Waals surface area contributed by atoms with Gasteiger partial charge in [-0.3, -0.25) is 4.79 Å². The molecule has 19 heavy (non-hydrogen) atoms. The normalized spacial score (nSPS) is 12.0. The van der Waals surface area contributed by atoms with Crippen molar-refractivity contribution < 1.29 is 24.9 Å². The molecule has 0 saturated heterocycles. The van der Waals surface area contributed by atoms with Crippen LogP contribution in [0.25, 0.3) is 0 Å². The number of hydrogen-bond acceptors (Lipinski definition) is 5. The molecule has 0 amide bonds. The van der Waals surface area contributed by atoms with Gasteiger partial charge in [0, 0.05) is 18.1 Å². The summed E-state index contributed by atoms with van der Waals surface area (Å²) in [6.07, 6.45) is -0.825. The molecule has 0 unspecified atom stereocenters. The zero-order valence-corrected chi connectivity index (χ0v) is 11.2. The minimum absolute atomic E-state index is 0.00999. The van der Waals surface area contributed by atoms with Gasteiger partial charge in [-0.1, -0.05) is 12.2 Å². The van der Waals surface area contributed by atoms with Gasteiger partial charge < -0.3 is 20.1 Å². The smallest absolute Gasteiger partial charge is 0.167 e. The first-order valence-electron chi connectivity index (χ1n) is 5.75. The zero-order valence-electron chi connectivity index (χ0n) is 11.2. The lowest BCUT2D eigenvalue weighted by Crippen LogP contribution is -2.13. The van der Waals surface area contributed by atoms with E-state index in [9.17, 15) is 20.1 Å². The number of ketones is 1. The number of carbonyl (C=O) groups excluding carboxylic acids is 1. The molecular weight excluding hydrogens is 248 g/mol. The van der Waals surface area contributed by atoms with E-state index in [1.54, 1.807) is 6.92 Å². The van der Waals surface area contributed by atoms with Crippen LogP contribution in [0.1, 0.15) is 29.8 Å². The minimum Gasteiger partial charge on any atom is -0.507 e. The SMILES string of the molecule is C=C(C)[C@@H](O)Cc1c(O)cc(O)c(C(C)=O)c1OC. The van der Waals surface area contributed by atoms with Crippen molar-refractivity contribution in [3.05, 3.63) is 29.3 Å². The predicted molar refractivity (Wildman–Crippen MR) is 70.9 cm³/mol. The maximum absolute atomic E-state index is 11.5. The number of aromatic hydroxyl groups is 2. The third-order valence-corrected chi connectivity index (χ3v) is 2.86. The first-order valence-corrected chi connectivity index (χ1v) is 5.75. The summed E-state index contributed by atoms with van der Waals surface area (Å²) < 4.78 is 5.10. The van der Waals surface area contributed by atoms with Crippen molar-refractivity contribution in [2.24, 2.45) is 0 Å². The van der Waals surface area contributed by atoms with Gasteiger partial charge in [0.2, 0.25) is 0 Å². The van der Waals surface area contributed by atoms with E-state index in [0.29, 0.717) is 5.57 Å². The minimum atomic E-state index is -0.871. The predicted octanol–water partition coefficient (Wildman–Crippen LogP) is 1.79. The highest BCUT2D eigenvalue weighted by molar-refractivity contribution is 6.00. The van der Waals surface area contributed by atoms with Gasteiger partial charge >= 0.3 is 0 Å². The summed E-state index contributed by atoms with van der Waals surface area (Å²) in [6.45, 7) is 6.56. The van der Waals surface area contributed by atoms with E-state index < -0.39 is 6.10 Å². The second-order valence-corrected chi connectivity index (χ2v) is 4.42. The largest absolute Gasteiger partial charge is 0.507 e. The van der Waals surface area contributed by atoms with Crippen molar-refractivity contribution in [1.82, 2.24) is 0 Å². The van der Waals surface area contributed by atoms with Crippen molar-refractivity contribution >= 4 is 5.78 Å². The summed E-state index contributed by atoms with van der Waals surface area (Å²) in [5.41, 5.74) is 0.782. The van der Waals surface area contributed by atoms with Gasteiger partial charge in [-0.2, -0.15) is 0 Å². The highest BCUT2D eigenvalue weighted by Crippen LogP contribution is 2.39.